The Labute approximate surface area is 98.4 Å². The first-order chi connectivity index (χ1) is 7.65. The Hall–Kier alpha value is -1.20. The van der Waals surface area contributed by atoms with Crippen LogP contribution < -0.4 is 11.1 Å². The van der Waals surface area contributed by atoms with E-state index < -0.39 is 0 Å². The van der Waals surface area contributed by atoms with Crippen molar-refractivity contribution >= 4 is 23.5 Å². The van der Waals surface area contributed by atoms with E-state index in [-0.39, 0.29) is 23.8 Å². The molecule has 2 atom stereocenters. The van der Waals surface area contributed by atoms with Crippen molar-refractivity contribution in [3.05, 3.63) is 17.4 Å². The van der Waals surface area contributed by atoms with E-state index in [4.69, 9.17) is 17.3 Å². The molecule has 0 spiro atoms. The van der Waals surface area contributed by atoms with Crippen molar-refractivity contribution in [2.24, 2.45) is 11.7 Å². The zero-order valence-electron chi connectivity index (χ0n) is 8.69. The molecule has 2 unspecified atom stereocenters. The molecule has 0 saturated heterocycles. The summed E-state index contributed by atoms with van der Waals surface area (Å²) in [7, 11) is 0. The summed E-state index contributed by atoms with van der Waals surface area (Å²) in [4.78, 5) is 19.6. The first-order valence-electron chi connectivity index (χ1n) is 5.20. The Morgan fingerprint density at radius 1 is 1.56 bits per heavy atom. The van der Waals surface area contributed by atoms with Crippen molar-refractivity contribution in [1.29, 1.82) is 0 Å². The maximum absolute atomic E-state index is 11.8. The van der Waals surface area contributed by atoms with Gasteiger partial charge in [0, 0.05) is 18.2 Å². The smallest absolute Gasteiger partial charge is 0.230 e. The van der Waals surface area contributed by atoms with Gasteiger partial charge in [-0.25, -0.2) is 9.97 Å². The maximum Gasteiger partial charge on any atom is 0.230 e. The van der Waals surface area contributed by atoms with Crippen molar-refractivity contribution in [2.45, 2.75) is 25.3 Å². The van der Waals surface area contributed by atoms with E-state index in [0.29, 0.717) is 5.15 Å². The van der Waals surface area contributed by atoms with E-state index in [1.165, 1.54) is 6.20 Å². The molecule has 1 aliphatic carbocycles. The SMILES string of the molecule is NC1CCC(C(=O)Nc2nccc(Cl)n2)C1. The summed E-state index contributed by atoms with van der Waals surface area (Å²) >= 11 is 5.69. The summed E-state index contributed by atoms with van der Waals surface area (Å²) in [5.41, 5.74) is 5.75. The van der Waals surface area contributed by atoms with Gasteiger partial charge < -0.3 is 5.73 Å². The number of carbonyl (C=O) groups excluding carboxylic acids is 1. The highest BCUT2D eigenvalue weighted by atomic mass is 35.5. The topological polar surface area (TPSA) is 80.9 Å². The quantitative estimate of drug-likeness (QED) is 0.761. The standard InChI is InChI=1S/C10H13ClN4O/c11-8-3-4-13-10(14-8)15-9(16)6-1-2-7(12)5-6/h3-4,6-7H,1-2,5,12H2,(H,13,14,15,16). The number of amides is 1. The van der Waals surface area contributed by atoms with Crippen LogP contribution in [0.2, 0.25) is 5.15 Å². The van der Waals surface area contributed by atoms with Gasteiger partial charge in [-0.1, -0.05) is 11.6 Å². The fourth-order valence-corrected chi connectivity index (χ4v) is 2.00. The monoisotopic (exact) mass is 240 g/mol. The third kappa shape index (κ3) is 2.68. The molecular formula is C10H13ClN4O. The fourth-order valence-electron chi connectivity index (χ4n) is 1.86. The molecule has 2 rings (SSSR count). The molecular weight excluding hydrogens is 228 g/mol. The van der Waals surface area contributed by atoms with E-state index >= 15 is 0 Å². The average Bonchev–Trinajstić information content (AvgIpc) is 2.65. The molecule has 0 aliphatic heterocycles. The van der Waals surface area contributed by atoms with Gasteiger partial charge in [0.2, 0.25) is 11.9 Å². The van der Waals surface area contributed by atoms with E-state index in [2.05, 4.69) is 15.3 Å². The Bertz CT molecular complexity index is 398. The predicted octanol–water partition coefficient (Wildman–Crippen LogP) is 1.20. The molecule has 0 radical (unpaired) electrons. The molecule has 86 valence electrons. The summed E-state index contributed by atoms with van der Waals surface area (Å²) in [6, 6.07) is 1.69. The Morgan fingerprint density at radius 3 is 3.00 bits per heavy atom. The van der Waals surface area contributed by atoms with Gasteiger partial charge in [-0.3, -0.25) is 10.1 Å². The number of rotatable bonds is 2. The zero-order chi connectivity index (χ0) is 11.5. The third-order valence-corrected chi connectivity index (χ3v) is 2.91. The van der Waals surface area contributed by atoms with Crippen molar-refractivity contribution < 1.29 is 4.79 Å². The van der Waals surface area contributed by atoms with Gasteiger partial charge in [0.1, 0.15) is 5.15 Å². The summed E-state index contributed by atoms with van der Waals surface area (Å²) in [6.45, 7) is 0. The van der Waals surface area contributed by atoms with Crippen LogP contribution in [0.15, 0.2) is 12.3 Å². The molecule has 1 aromatic heterocycles. The number of hydrogen-bond acceptors (Lipinski definition) is 4. The van der Waals surface area contributed by atoms with Gasteiger partial charge in [0.05, 0.1) is 0 Å². The van der Waals surface area contributed by atoms with Gasteiger partial charge >= 0.3 is 0 Å². The van der Waals surface area contributed by atoms with Crippen molar-refractivity contribution in [3.8, 4) is 0 Å². The molecule has 1 saturated carbocycles. The second kappa shape index (κ2) is 4.76. The first kappa shape index (κ1) is 11.3. The Morgan fingerprint density at radius 2 is 2.38 bits per heavy atom. The molecule has 1 aliphatic rings. The van der Waals surface area contributed by atoms with Crippen LogP contribution in [0.25, 0.3) is 0 Å². The molecule has 16 heavy (non-hydrogen) atoms. The zero-order valence-corrected chi connectivity index (χ0v) is 9.44. The van der Waals surface area contributed by atoms with E-state index in [1.807, 2.05) is 0 Å². The van der Waals surface area contributed by atoms with Crippen LogP contribution in [0.5, 0.6) is 0 Å². The second-order valence-corrected chi connectivity index (χ2v) is 4.35. The normalized spacial score (nSPS) is 24.4. The number of nitrogens with two attached hydrogens (primary N) is 1. The molecule has 1 amide bonds. The molecule has 0 bridgehead atoms. The second-order valence-electron chi connectivity index (χ2n) is 3.96. The number of anilines is 1. The molecule has 5 nitrogen and oxygen atoms in total. The van der Waals surface area contributed by atoms with Gasteiger partial charge in [-0.15, -0.1) is 0 Å². The van der Waals surface area contributed by atoms with Crippen molar-refractivity contribution in [2.75, 3.05) is 5.32 Å². The number of carbonyl (C=O) groups is 1. The minimum atomic E-state index is -0.0739. The molecule has 0 aromatic carbocycles. The van der Waals surface area contributed by atoms with Crippen LogP contribution in [-0.2, 0) is 4.79 Å². The van der Waals surface area contributed by atoms with E-state index in [1.54, 1.807) is 6.07 Å². The highest BCUT2D eigenvalue weighted by Gasteiger charge is 2.28. The first-order valence-corrected chi connectivity index (χ1v) is 5.58. The lowest BCUT2D eigenvalue weighted by atomic mass is 10.1. The largest absolute Gasteiger partial charge is 0.328 e. The van der Waals surface area contributed by atoms with Crippen molar-refractivity contribution in [1.82, 2.24) is 9.97 Å². The maximum atomic E-state index is 11.8. The minimum Gasteiger partial charge on any atom is -0.328 e. The summed E-state index contributed by atoms with van der Waals surface area (Å²) in [6.07, 6.45) is 3.96. The van der Waals surface area contributed by atoms with Gasteiger partial charge in [-0.05, 0) is 25.3 Å². The number of nitrogens with one attached hydrogen (secondary N) is 1. The highest BCUT2D eigenvalue weighted by Crippen LogP contribution is 2.25. The molecule has 3 N–H and O–H groups in total. The average molecular weight is 241 g/mol. The summed E-state index contributed by atoms with van der Waals surface area (Å²) in [5.74, 6) is 0.144. The molecule has 1 fully saturated rings. The van der Waals surface area contributed by atoms with Crippen molar-refractivity contribution in [3.63, 3.8) is 0 Å². The Kier molecular flexibility index (Phi) is 3.36. The van der Waals surface area contributed by atoms with Crippen LogP contribution in [0, 0.1) is 5.92 Å². The molecule has 1 heterocycles. The third-order valence-electron chi connectivity index (χ3n) is 2.70. The van der Waals surface area contributed by atoms with Crippen LogP contribution in [-0.4, -0.2) is 21.9 Å². The highest BCUT2D eigenvalue weighted by molar-refractivity contribution is 6.29. The van der Waals surface area contributed by atoms with E-state index in [0.717, 1.165) is 19.3 Å². The number of aromatic nitrogens is 2. The van der Waals surface area contributed by atoms with Crippen LogP contribution in [0.3, 0.4) is 0 Å². The lowest BCUT2D eigenvalue weighted by Crippen LogP contribution is -2.24. The Balaban J connectivity index is 1.97. The molecule has 1 aromatic rings. The van der Waals surface area contributed by atoms with Crippen LogP contribution >= 0.6 is 11.6 Å². The van der Waals surface area contributed by atoms with Gasteiger partial charge in [0.25, 0.3) is 0 Å². The van der Waals surface area contributed by atoms with Crippen LogP contribution in [0.4, 0.5) is 5.95 Å². The molecule has 6 heteroatoms. The van der Waals surface area contributed by atoms with Gasteiger partial charge in [-0.2, -0.15) is 0 Å². The predicted molar refractivity (Wildman–Crippen MR) is 61.0 cm³/mol. The van der Waals surface area contributed by atoms with E-state index in [9.17, 15) is 4.79 Å². The number of halogens is 1. The van der Waals surface area contributed by atoms with Crippen LogP contribution in [0.1, 0.15) is 19.3 Å². The van der Waals surface area contributed by atoms with Gasteiger partial charge in [0.15, 0.2) is 0 Å². The summed E-state index contributed by atoms with van der Waals surface area (Å²) in [5, 5.41) is 2.96. The fraction of sp³-hybridized carbons (Fsp3) is 0.500. The number of nitrogens with zero attached hydrogens (tertiary/aromatic N) is 2. The number of hydrogen-bond donors (Lipinski definition) is 2. The summed E-state index contributed by atoms with van der Waals surface area (Å²) < 4.78 is 0. The lowest BCUT2D eigenvalue weighted by molar-refractivity contribution is -0.119. The minimum absolute atomic E-state index is 0.0300. The lowest BCUT2D eigenvalue weighted by Gasteiger charge is -2.09.